The van der Waals surface area contributed by atoms with E-state index >= 15 is 0 Å². The molecule has 2 aromatic rings. The number of imidazole rings is 1. The predicted octanol–water partition coefficient (Wildman–Crippen LogP) is -3.62. The minimum Gasteiger partial charge on any atom is -0.508 e. The van der Waals surface area contributed by atoms with Gasteiger partial charge in [-0.15, -0.1) is 0 Å². The zero-order valence-corrected chi connectivity index (χ0v) is 56.6. The van der Waals surface area contributed by atoms with Crippen molar-refractivity contribution in [2.75, 3.05) is 27.3 Å². The number of unbranched alkanes of at least 4 members (excludes halogenated alkanes) is 8. The number of nitrogens with zero attached hydrogens (tertiary/aromatic N) is 2. The molecule has 34 nitrogen and oxygen atoms in total. The number of ether oxygens (including phenoxy) is 3. The Bertz CT molecular complexity index is 2980. The molecule has 0 saturated carbocycles. The first-order valence-electron chi connectivity index (χ1n) is 32.5. The van der Waals surface area contributed by atoms with Crippen molar-refractivity contribution in [2.24, 2.45) is 5.73 Å². The van der Waals surface area contributed by atoms with Crippen LogP contribution >= 0.6 is 0 Å². The van der Waals surface area contributed by atoms with Crippen molar-refractivity contribution >= 4 is 65.0 Å². The molecule has 15 atom stereocenters. The summed E-state index contributed by atoms with van der Waals surface area (Å²) in [6.07, 6.45) is -1.98. The lowest BCUT2D eigenvalue weighted by molar-refractivity contribution is -0.312. The van der Waals surface area contributed by atoms with Gasteiger partial charge in [-0.2, -0.15) is 0 Å². The lowest BCUT2D eigenvalue weighted by Crippen LogP contribution is -2.62. The number of nitrogens with one attached hydrogen (secondary N) is 9. The van der Waals surface area contributed by atoms with Crippen LogP contribution in [0.2, 0.25) is 0 Å². The number of aliphatic hydroxyl groups excluding tert-OH is 7. The Morgan fingerprint density at radius 1 is 0.694 bits per heavy atom. The molecule has 19 N–H and O–H groups in total. The molecule has 0 aliphatic carbocycles. The lowest BCUT2D eigenvalue weighted by atomic mass is 9.99. The number of carbonyl (C=O) groups is 11. The van der Waals surface area contributed by atoms with Gasteiger partial charge in [-0.1, -0.05) is 89.0 Å². The number of phenols is 1. The first-order chi connectivity index (χ1) is 46.4. The van der Waals surface area contributed by atoms with Gasteiger partial charge in [0.15, 0.2) is 6.29 Å². The number of aliphatic hydroxyl groups is 7. The summed E-state index contributed by atoms with van der Waals surface area (Å²) in [5, 5.41) is 102. The Balaban J connectivity index is 1.81. The highest BCUT2D eigenvalue weighted by Crippen LogP contribution is 2.25. The van der Waals surface area contributed by atoms with Crippen molar-refractivity contribution in [1.29, 1.82) is 0 Å². The number of nitrogens with two attached hydrogens (primary N) is 1. The summed E-state index contributed by atoms with van der Waals surface area (Å²) >= 11 is 0. The number of hydrogen-bond donors (Lipinski definition) is 18. The van der Waals surface area contributed by atoms with E-state index in [-0.39, 0.29) is 30.7 Å². The standard InChI is InChI=1S/C64H100N12O22/c1-9-12-13-14-15-16-17-18-19-20-40(81)29-48(83)69-41(10-2)58(90)74-51(35(5)79)61(93)75-50(34(4)78)60(92)72-44(27-37-21-23-39(80)24-22-37)59(91)70-42(11-3)57(89)71-43(25-26-47(65)82)56(88)67-31-49(84)76(7)52(36(6)97-64-55(87)54(86)53(85)46(32-77)98-64)62(94)73-45(63(95)96-8)28-38-30-66-33-68-38/h10-11,21-24,30,33-36,40,43-46,50-55,64,77-81,85-87H,9,12-20,25-29,31-32H2,1-8H3,(H2,65,82)(H,66,68)(H,67,88)(H,69,83)(H,70,91)(H,71,89)(H,72,92)(H,73,94)(H,74,90)(H,75,93)/b41-10+,42-11+/t34-,35-,36+,40+,43+,44+,45-,46+,50+,51-,52-,53+,54-,55+,64-/m0/s1. The van der Waals surface area contributed by atoms with Crippen LogP contribution in [0.1, 0.15) is 136 Å². The molecule has 1 aliphatic rings. The molecule has 1 fully saturated rings. The molecule has 0 bridgehead atoms. The summed E-state index contributed by atoms with van der Waals surface area (Å²) in [6, 6.07) is -5.05. The Labute approximate surface area is 568 Å². The Kier molecular flexibility index (Phi) is 36.8. The summed E-state index contributed by atoms with van der Waals surface area (Å²) in [6.45, 7) is 6.53. The fourth-order valence-corrected chi connectivity index (χ4v) is 10.3. The molecule has 1 saturated heterocycles. The van der Waals surface area contributed by atoms with E-state index < -0.39 is 188 Å². The topological polar surface area (TPSA) is 531 Å². The van der Waals surface area contributed by atoms with Crippen LogP contribution in [0, 0.1) is 0 Å². The van der Waals surface area contributed by atoms with Crippen LogP contribution in [0.5, 0.6) is 5.75 Å². The van der Waals surface area contributed by atoms with Crippen molar-refractivity contribution in [2.45, 2.75) is 229 Å². The second-order valence-corrected chi connectivity index (χ2v) is 23.9. The van der Waals surface area contributed by atoms with Crippen molar-refractivity contribution in [3.8, 4) is 5.75 Å². The molecule has 548 valence electrons. The Morgan fingerprint density at radius 2 is 1.27 bits per heavy atom. The number of esters is 1. The number of benzene rings is 1. The minimum absolute atomic E-state index is 0.175. The van der Waals surface area contributed by atoms with E-state index in [1.165, 1.54) is 82.9 Å². The maximum Gasteiger partial charge on any atom is 0.328 e. The van der Waals surface area contributed by atoms with Gasteiger partial charge in [0.2, 0.25) is 47.3 Å². The fourth-order valence-electron chi connectivity index (χ4n) is 10.3. The van der Waals surface area contributed by atoms with Crippen molar-refractivity contribution in [1.82, 2.24) is 57.4 Å². The van der Waals surface area contributed by atoms with Gasteiger partial charge in [0, 0.05) is 38.2 Å². The summed E-state index contributed by atoms with van der Waals surface area (Å²) in [5.41, 5.74) is 5.19. The SMILES string of the molecule is C/C=C(/NC(=O)C[C@H](O)CCCCCCCCCCC)C(=O)N[C@H](C(=O)N[C@@H](C(=O)N[C@H](Cc1ccc(O)cc1)C(=O)N/C(=C/C)C(=O)N[C@H](CCC(N)=O)C(=O)NCC(=O)N(C)[C@H](C(=O)N[C@@H](Cc1cnc[nH]1)C(=O)OC)[C@@H](C)O[C@H]1O[C@H](CO)[C@@H](O)[C@H](O)[C@H]1O)[C@H](C)O)[C@H](C)O. The highest BCUT2D eigenvalue weighted by molar-refractivity contribution is 6.03. The summed E-state index contributed by atoms with van der Waals surface area (Å²) in [4.78, 5) is 158. The third kappa shape index (κ3) is 27.8. The second-order valence-electron chi connectivity index (χ2n) is 23.9. The van der Waals surface area contributed by atoms with Gasteiger partial charge in [0.1, 0.15) is 77.8 Å². The number of hydrogen-bond acceptors (Lipinski definition) is 23. The molecule has 98 heavy (non-hydrogen) atoms. The number of methoxy groups -OCH3 is 1. The van der Waals surface area contributed by atoms with Gasteiger partial charge in [-0.25, -0.2) is 9.78 Å². The average molecular weight is 1390 g/mol. The van der Waals surface area contributed by atoms with E-state index in [4.69, 9.17) is 19.9 Å². The number of primary amides is 1. The largest absolute Gasteiger partial charge is 0.508 e. The van der Waals surface area contributed by atoms with Crippen LogP contribution in [0.15, 0.2) is 60.3 Å². The molecule has 34 heteroatoms. The van der Waals surface area contributed by atoms with Crippen molar-refractivity contribution in [3.63, 3.8) is 0 Å². The fraction of sp³-hybridized carbons (Fsp3) is 0.625. The van der Waals surface area contributed by atoms with Gasteiger partial charge >= 0.3 is 5.97 Å². The molecule has 1 aromatic heterocycles. The average Bonchev–Trinajstić information content (AvgIpc) is 0.959. The molecular formula is C64H100N12O22. The quantitative estimate of drug-likeness (QED) is 0.0173. The van der Waals surface area contributed by atoms with Crippen LogP contribution in [0.3, 0.4) is 0 Å². The third-order valence-corrected chi connectivity index (χ3v) is 16.0. The molecule has 3 rings (SSSR count). The highest BCUT2D eigenvalue weighted by atomic mass is 16.7. The van der Waals surface area contributed by atoms with Gasteiger partial charge < -0.3 is 113 Å². The first-order valence-corrected chi connectivity index (χ1v) is 32.5. The predicted molar refractivity (Wildman–Crippen MR) is 348 cm³/mol. The van der Waals surface area contributed by atoms with E-state index in [9.17, 15) is 93.6 Å². The first kappa shape index (κ1) is 83.7. The van der Waals surface area contributed by atoms with Crippen LogP contribution in [-0.2, 0) is 79.8 Å². The number of likely N-dealkylation sites (N-methyl/N-ethyl adjacent to an activating group) is 1. The molecule has 10 amide bonds. The number of H-pyrrole nitrogens is 1. The number of aromatic amines is 1. The van der Waals surface area contributed by atoms with Gasteiger partial charge in [-0.3, -0.25) is 47.9 Å². The number of amides is 10. The van der Waals surface area contributed by atoms with Crippen molar-refractivity contribution < 1.29 is 108 Å². The van der Waals surface area contributed by atoms with Crippen LogP contribution in [-0.4, -0.2) is 239 Å². The van der Waals surface area contributed by atoms with Crippen LogP contribution in [0.25, 0.3) is 0 Å². The van der Waals surface area contributed by atoms with E-state index in [1.54, 1.807) is 0 Å². The van der Waals surface area contributed by atoms with Gasteiger partial charge in [0.25, 0.3) is 11.8 Å². The molecule has 0 radical (unpaired) electrons. The Hall–Kier alpha value is -8.48. The number of aromatic hydroxyl groups is 1. The van der Waals surface area contributed by atoms with E-state index in [2.05, 4.69) is 59.4 Å². The zero-order valence-electron chi connectivity index (χ0n) is 56.6. The van der Waals surface area contributed by atoms with E-state index in [0.717, 1.165) is 71.1 Å². The number of aromatic nitrogens is 2. The van der Waals surface area contributed by atoms with Gasteiger partial charge in [-0.05, 0) is 65.2 Å². The number of phenolic OH excluding ortho intramolecular Hbond substituents is 1. The maximum atomic E-state index is 14.3. The minimum atomic E-state index is -1.97. The van der Waals surface area contributed by atoms with Gasteiger partial charge in [0.05, 0.1) is 57.4 Å². The smallest absolute Gasteiger partial charge is 0.328 e. The third-order valence-electron chi connectivity index (χ3n) is 16.0. The monoisotopic (exact) mass is 1390 g/mol. The number of rotatable bonds is 43. The van der Waals surface area contributed by atoms with E-state index in [0.29, 0.717) is 24.1 Å². The summed E-state index contributed by atoms with van der Waals surface area (Å²) in [5.74, 6) is -11.8. The molecular weight excluding hydrogens is 1290 g/mol. The molecule has 2 heterocycles. The molecule has 0 spiro atoms. The second kappa shape index (κ2) is 43.0. The Morgan fingerprint density at radius 3 is 1.83 bits per heavy atom. The number of carbonyl (C=O) groups excluding carboxylic acids is 11. The zero-order chi connectivity index (χ0) is 73.3. The summed E-state index contributed by atoms with van der Waals surface area (Å²) in [7, 11) is 2.14. The summed E-state index contributed by atoms with van der Waals surface area (Å²) < 4.78 is 16.2. The highest BCUT2D eigenvalue weighted by Gasteiger charge is 2.47. The molecule has 1 aromatic carbocycles. The number of allylic oxidation sites excluding steroid dienone is 2. The molecule has 0 unspecified atom stereocenters. The maximum absolute atomic E-state index is 14.3. The lowest BCUT2D eigenvalue weighted by Gasteiger charge is -2.42. The van der Waals surface area contributed by atoms with Crippen LogP contribution < -0.4 is 48.3 Å². The molecule has 1 aliphatic heterocycles. The van der Waals surface area contributed by atoms with Crippen LogP contribution in [0.4, 0.5) is 0 Å². The normalized spacial score (nSPS) is 19.4. The van der Waals surface area contributed by atoms with Crippen molar-refractivity contribution in [3.05, 3.63) is 71.6 Å². The van der Waals surface area contributed by atoms with E-state index in [1.807, 2.05) is 0 Å².